The number of alkyl halides is 3. The number of fused-ring (bicyclic) bond motifs is 1. The molecule has 4 saturated carbocycles. The van der Waals surface area contributed by atoms with Gasteiger partial charge in [-0.3, -0.25) is 4.79 Å². The first-order valence-corrected chi connectivity index (χ1v) is 13.9. The van der Waals surface area contributed by atoms with E-state index < -0.39 is 40.7 Å². The van der Waals surface area contributed by atoms with Crippen LogP contribution in [-0.4, -0.2) is 35.7 Å². The number of halogens is 3. The molecular formula is C32H32F3NO5. The molecule has 4 aliphatic rings. The van der Waals surface area contributed by atoms with E-state index in [4.69, 9.17) is 9.47 Å². The maximum atomic E-state index is 13.9. The molecule has 3 aromatic rings. The molecule has 9 heteroatoms. The fraction of sp³-hybridized carbons (Fsp3) is 0.438. The van der Waals surface area contributed by atoms with Crippen molar-refractivity contribution in [1.82, 2.24) is 5.32 Å². The molecule has 0 aliphatic heterocycles. The van der Waals surface area contributed by atoms with Crippen molar-refractivity contribution in [3.05, 3.63) is 77.4 Å². The van der Waals surface area contributed by atoms with Crippen LogP contribution in [0.1, 0.15) is 60.0 Å². The van der Waals surface area contributed by atoms with E-state index in [0.29, 0.717) is 29.2 Å². The van der Waals surface area contributed by atoms with Gasteiger partial charge in [0.25, 0.3) is 5.91 Å². The van der Waals surface area contributed by atoms with E-state index in [9.17, 15) is 27.9 Å². The molecule has 0 radical (unpaired) electrons. The molecule has 2 N–H and O–H groups in total. The van der Waals surface area contributed by atoms with E-state index in [1.807, 2.05) is 18.2 Å². The van der Waals surface area contributed by atoms with Crippen molar-refractivity contribution in [2.75, 3.05) is 7.11 Å². The van der Waals surface area contributed by atoms with Crippen LogP contribution in [0.4, 0.5) is 13.2 Å². The van der Waals surface area contributed by atoms with Crippen LogP contribution >= 0.6 is 0 Å². The van der Waals surface area contributed by atoms with Crippen LogP contribution in [0.5, 0.6) is 5.75 Å². The van der Waals surface area contributed by atoms with Crippen LogP contribution in [-0.2, 0) is 22.3 Å². The van der Waals surface area contributed by atoms with Gasteiger partial charge in [0.1, 0.15) is 18.4 Å². The third-order valence-corrected chi connectivity index (χ3v) is 9.19. The van der Waals surface area contributed by atoms with Crippen LogP contribution in [0.3, 0.4) is 0 Å². The number of hydrogen-bond donors (Lipinski definition) is 2. The molecule has 41 heavy (non-hydrogen) atoms. The summed E-state index contributed by atoms with van der Waals surface area (Å²) in [7, 11) is 1.30. The zero-order valence-electron chi connectivity index (χ0n) is 22.7. The highest BCUT2D eigenvalue weighted by Crippen LogP contribution is 2.63. The predicted octanol–water partition coefficient (Wildman–Crippen LogP) is 6.04. The Balaban J connectivity index is 1.30. The molecule has 1 amide bonds. The fourth-order valence-corrected chi connectivity index (χ4v) is 7.93. The van der Waals surface area contributed by atoms with E-state index in [1.54, 1.807) is 18.2 Å². The van der Waals surface area contributed by atoms with Crippen molar-refractivity contribution in [3.63, 3.8) is 0 Å². The van der Waals surface area contributed by atoms with Crippen LogP contribution in [0, 0.1) is 17.3 Å². The van der Waals surface area contributed by atoms with Crippen molar-refractivity contribution in [2.24, 2.45) is 17.3 Å². The van der Waals surface area contributed by atoms with Crippen molar-refractivity contribution in [2.45, 2.75) is 63.0 Å². The first-order chi connectivity index (χ1) is 19.5. The Kier molecular flexibility index (Phi) is 6.76. The minimum atomic E-state index is -4.44. The molecule has 7 rings (SSSR count). The van der Waals surface area contributed by atoms with Gasteiger partial charge >= 0.3 is 12.1 Å². The van der Waals surface area contributed by atoms with Crippen molar-refractivity contribution >= 4 is 22.6 Å². The SMILES string of the molecule is COC(=O)[C@@H](NC(=O)c1ccc2ccccc2c1OCc1ccc(C(F)(F)F)cc1)C12C[C@@H]3C[C@@H](CC(O)(C3)C1)C2. The number of methoxy groups -OCH3 is 1. The molecule has 4 bridgehead atoms. The third-order valence-electron chi connectivity index (χ3n) is 9.19. The predicted molar refractivity (Wildman–Crippen MR) is 145 cm³/mol. The Morgan fingerprint density at radius 3 is 2.32 bits per heavy atom. The summed E-state index contributed by atoms with van der Waals surface area (Å²) >= 11 is 0. The Morgan fingerprint density at radius 1 is 1.00 bits per heavy atom. The van der Waals surface area contributed by atoms with Gasteiger partial charge in [-0.15, -0.1) is 0 Å². The normalized spacial score (nSPS) is 27.4. The zero-order valence-corrected chi connectivity index (χ0v) is 22.7. The molecule has 3 aromatic carbocycles. The highest BCUT2D eigenvalue weighted by atomic mass is 19.4. The van der Waals surface area contributed by atoms with Crippen LogP contribution in [0.2, 0.25) is 0 Å². The number of carbonyl (C=O) groups excluding carboxylic acids is 2. The molecule has 0 aromatic heterocycles. The molecule has 0 heterocycles. The summed E-state index contributed by atoms with van der Waals surface area (Å²) < 4.78 is 50.3. The average Bonchev–Trinajstić information content (AvgIpc) is 2.92. The van der Waals surface area contributed by atoms with E-state index in [-0.39, 0.29) is 17.9 Å². The first kappa shape index (κ1) is 27.6. The molecule has 6 nitrogen and oxygen atoms in total. The lowest BCUT2D eigenvalue weighted by Crippen LogP contribution is -2.64. The molecule has 4 aliphatic carbocycles. The van der Waals surface area contributed by atoms with Gasteiger partial charge in [-0.25, -0.2) is 4.79 Å². The molecule has 2 unspecified atom stereocenters. The van der Waals surface area contributed by atoms with Crippen LogP contribution < -0.4 is 10.1 Å². The maximum absolute atomic E-state index is 13.9. The summed E-state index contributed by atoms with van der Waals surface area (Å²) in [4.78, 5) is 27.1. The average molecular weight is 568 g/mol. The second-order valence-electron chi connectivity index (χ2n) is 12.1. The largest absolute Gasteiger partial charge is 0.487 e. The zero-order chi connectivity index (χ0) is 29.0. The standard InChI is InChI=1S/C32H32F3NO5/c1-40-29(38)27(30-13-20-12-21(14-30)16-31(39,15-20)18-30)36-28(37)25-11-8-22-4-2-3-5-24(22)26(25)41-17-19-6-9-23(10-7-19)32(33,34)35/h2-11,20-21,27,39H,12-18H2,1H3,(H,36,37)/t20-,21+,27-,30?,31?/m1/s1. The van der Waals surface area contributed by atoms with Gasteiger partial charge in [0.15, 0.2) is 0 Å². The highest BCUT2D eigenvalue weighted by Gasteiger charge is 2.61. The van der Waals surface area contributed by atoms with Crippen molar-refractivity contribution < 1.29 is 37.3 Å². The molecular weight excluding hydrogens is 535 g/mol. The second-order valence-corrected chi connectivity index (χ2v) is 12.1. The lowest BCUT2D eigenvalue weighted by molar-refractivity contribution is -0.183. The Hall–Kier alpha value is -3.59. The summed E-state index contributed by atoms with van der Waals surface area (Å²) in [5, 5.41) is 15.7. The summed E-state index contributed by atoms with van der Waals surface area (Å²) in [6.45, 7) is -0.0623. The minimum Gasteiger partial charge on any atom is -0.487 e. The van der Waals surface area contributed by atoms with Gasteiger partial charge in [0, 0.05) is 10.8 Å². The lowest BCUT2D eigenvalue weighted by Gasteiger charge is -2.61. The summed E-state index contributed by atoms with van der Waals surface area (Å²) in [6.07, 6.45) is -0.0650. The van der Waals surface area contributed by atoms with Gasteiger partial charge in [-0.2, -0.15) is 13.2 Å². The van der Waals surface area contributed by atoms with E-state index >= 15 is 0 Å². The van der Waals surface area contributed by atoms with Gasteiger partial charge in [0.2, 0.25) is 0 Å². The number of carbonyl (C=O) groups is 2. The highest BCUT2D eigenvalue weighted by molar-refractivity contribution is 6.05. The molecule has 0 spiro atoms. The van der Waals surface area contributed by atoms with Gasteiger partial charge < -0.3 is 19.9 Å². The Bertz CT molecular complexity index is 1470. The molecule has 4 fully saturated rings. The first-order valence-electron chi connectivity index (χ1n) is 13.9. The Morgan fingerprint density at radius 2 is 1.68 bits per heavy atom. The molecule has 216 valence electrons. The third kappa shape index (κ3) is 5.16. The van der Waals surface area contributed by atoms with Crippen LogP contribution in [0.25, 0.3) is 10.8 Å². The summed E-state index contributed by atoms with van der Waals surface area (Å²) in [5.74, 6) is -0.191. The number of benzene rings is 3. The smallest absolute Gasteiger partial charge is 0.416 e. The number of hydrogen-bond acceptors (Lipinski definition) is 5. The summed E-state index contributed by atoms with van der Waals surface area (Å²) in [6, 6.07) is 14.5. The van der Waals surface area contributed by atoms with Gasteiger partial charge in [0.05, 0.1) is 23.8 Å². The number of rotatable bonds is 7. The lowest BCUT2D eigenvalue weighted by atomic mass is 9.46. The second kappa shape index (κ2) is 10.0. The van der Waals surface area contributed by atoms with Gasteiger partial charge in [-0.1, -0.05) is 42.5 Å². The van der Waals surface area contributed by atoms with Crippen LogP contribution in [0.15, 0.2) is 60.7 Å². The quantitative estimate of drug-likeness (QED) is 0.340. The maximum Gasteiger partial charge on any atom is 0.416 e. The van der Waals surface area contributed by atoms with Gasteiger partial charge in [-0.05, 0) is 79.5 Å². The number of esters is 1. The van der Waals surface area contributed by atoms with E-state index in [1.165, 1.54) is 19.2 Å². The monoisotopic (exact) mass is 567 g/mol. The number of amides is 1. The number of ether oxygens (including phenoxy) is 2. The van der Waals surface area contributed by atoms with Crippen molar-refractivity contribution in [3.8, 4) is 5.75 Å². The Labute approximate surface area is 235 Å². The van der Waals surface area contributed by atoms with E-state index in [2.05, 4.69) is 5.32 Å². The molecule has 5 atom stereocenters. The summed E-state index contributed by atoms with van der Waals surface area (Å²) in [5.41, 5.74) is -1.48. The minimum absolute atomic E-state index is 0.0623. The fourth-order valence-electron chi connectivity index (χ4n) is 7.93. The number of nitrogens with one attached hydrogen (secondary N) is 1. The number of aliphatic hydroxyl groups is 1. The van der Waals surface area contributed by atoms with Crippen molar-refractivity contribution in [1.29, 1.82) is 0 Å². The van der Waals surface area contributed by atoms with E-state index in [0.717, 1.165) is 49.6 Å². The molecule has 0 saturated heterocycles. The topological polar surface area (TPSA) is 84.9 Å².